The highest BCUT2D eigenvalue weighted by Crippen LogP contribution is 2.25. The van der Waals surface area contributed by atoms with Crippen LogP contribution in [0.3, 0.4) is 0 Å². The fourth-order valence-corrected chi connectivity index (χ4v) is 2.86. The van der Waals surface area contributed by atoms with E-state index >= 15 is 0 Å². The Kier molecular flexibility index (Phi) is 4.37. The Morgan fingerprint density at radius 2 is 1.89 bits per heavy atom. The van der Waals surface area contributed by atoms with E-state index in [9.17, 15) is 9.18 Å². The van der Waals surface area contributed by atoms with Crippen LogP contribution in [0.2, 0.25) is 0 Å². The average Bonchev–Trinajstić information content (AvgIpc) is 2.37. The Balaban J connectivity index is 2.33. The minimum Gasteiger partial charge on any atom is -0.311 e. The van der Waals surface area contributed by atoms with Gasteiger partial charge >= 0.3 is 0 Å². The van der Waals surface area contributed by atoms with E-state index in [1.54, 1.807) is 37.4 Å². The fraction of sp³-hybridized carbons (Fsp3) is 0.0714. The van der Waals surface area contributed by atoms with Crippen LogP contribution in [0.5, 0.6) is 0 Å². The van der Waals surface area contributed by atoms with Gasteiger partial charge in [-0.05, 0) is 52.3 Å². The standard InChI is InChI=1S/C14H10Br2FNO/c1-18(11-4-2-3-10(17)8-11)14(19)12-6-5-9(15)7-13(12)16/h2-8H,1H3. The molecule has 2 aromatic rings. The van der Waals surface area contributed by atoms with Crippen molar-refractivity contribution in [2.24, 2.45) is 0 Å². The molecule has 2 rings (SSSR count). The third-order valence-corrected chi connectivity index (χ3v) is 3.81. The first-order chi connectivity index (χ1) is 8.99. The van der Waals surface area contributed by atoms with Gasteiger partial charge in [0.2, 0.25) is 0 Å². The molecule has 0 atom stereocenters. The van der Waals surface area contributed by atoms with Gasteiger partial charge < -0.3 is 4.90 Å². The molecule has 0 N–H and O–H groups in total. The van der Waals surface area contributed by atoms with Gasteiger partial charge in [0.1, 0.15) is 5.82 Å². The Morgan fingerprint density at radius 3 is 2.53 bits per heavy atom. The Hall–Kier alpha value is -1.20. The molecule has 1 amide bonds. The topological polar surface area (TPSA) is 20.3 Å². The van der Waals surface area contributed by atoms with Crippen LogP contribution in [-0.2, 0) is 0 Å². The summed E-state index contributed by atoms with van der Waals surface area (Å²) in [6.07, 6.45) is 0. The van der Waals surface area contributed by atoms with Crippen LogP contribution >= 0.6 is 31.9 Å². The molecule has 2 aromatic carbocycles. The summed E-state index contributed by atoms with van der Waals surface area (Å²) in [5, 5.41) is 0. The lowest BCUT2D eigenvalue weighted by Gasteiger charge is -2.18. The molecule has 2 nitrogen and oxygen atoms in total. The molecule has 0 aromatic heterocycles. The van der Waals surface area contributed by atoms with Crippen LogP contribution in [0.4, 0.5) is 10.1 Å². The normalized spacial score (nSPS) is 10.3. The lowest BCUT2D eigenvalue weighted by atomic mass is 10.2. The molecule has 0 unspecified atom stereocenters. The summed E-state index contributed by atoms with van der Waals surface area (Å²) in [6.45, 7) is 0. The highest BCUT2D eigenvalue weighted by molar-refractivity contribution is 9.11. The van der Waals surface area contributed by atoms with Crippen molar-refractivity contribution in [1.82, 2.24) is 0 Å². The van der Waals surface area contributed by atoms with E-state index < -0.39 is 0 Å². The Bertz CT molecular complexity index is 631. The second-order valence-electron chi connectivity index (χ2n) is 3.97. The second-order valence-corrected chi connectivity index (χ2v) is 5.74. The fourth-order valence-electron chi connectivity index (χ4n) is 1.65. The third kappa shape index (κ3) is 3.22. The molecule has 0 aliphatic heterocycles. The van der Waals surface area contributed by atoms with Crippen molar-refractivity contribution >= 4 is 43.5 Å². The number of hydrogen-bond acceptors (Lipinski definition) is 1. The summed E-state index contributed by atoms with van der Waals surface area (Å²) >= 11 is 6.68. The zero-order valence-corrected chi connectivity index (χ0v) is 13.2. The van der Waals surface area contributed by atoms with E-state index in [-0.39, 0.29) is 11.7 Å². The van der Waals surface area contributed by atoms with Crippen LogP contribution in [0.15, 0.2) is 51.4 Å². The summed E-state index contributed by atoms with van der Waals surface area (Å²) in [5.74, 6) is -0.572. The van der Waals surface area contributed by atoms with Gasteiger partial charge in [-0.15, -0.1) is 0 Å². The van der Waals surface area contributed by atoms with Crippen LogP contribution in [0.1, 0.15) is 10.4 Å². The number of carbonyl (C=O) groups is 1. The molecule has 0 bridgehead atoms. The number of carbonyl (C=O) groups excluding carboxylic acids is 1. The van der Waals surface area contributed by atoms with Crippen molar-refractivity contribution < 1.29 is 9.18 Å². The Morgan fingerprint density at radius 1 is 1.16 bits per heavy atom. The maximum Gasteiger partial charge on any atom is 0.259 e. The maximum absolute atomic E-state index is 13.2. The number of nitrogens with zero attached hydrogens (tertiary/aromatic N) is 1. The lowest BCUT2D eigenvalue weighted by Crippen LogP contribution is -2.26. The van der Waals surface area contributed by atoms with Crippen LogP contribution in [0, 0.1) is 5.82 Å². The lowest BCUT2D eigenvalue weighted by molar-refractivity contribution is 0.0992. The molecule has 0 aliphatic carbocycles. The average molecular weight is 387 g/mol. The molecular weight excluding hydrogens is 377 g/mol. The molecule has 0 fully saturated rings. The predicted molar refractivity (Wildman–Crippen MR) is 81.0 cm³/mol. The molecule has 0 aliphatic rings. The summed E-state index contributed by atoms with van der Waals surface area (Å²) in [6, 6.07) is 11.2. The highest BCUT2D eigenvalue weighted by Gasteiger charge is 2.16. The first kappa shape index (κ1) is 14.2. The van der Waals surface area contributed by atoms with Crippen LogP contribution in [-0.4, -0.2) is 13.0 Å². The summed E-state index contributed by atoms with van der Waals surface area (Å²) < 4.78 is 14.7. The second kappa shape index (κ2) is 5.84. The first-order valence-electron chi connectivity index (χ1n) is 5.47. The third-order valence-electron chi connectivity index (χ3n) is 2.66. The van der Waals surface area contributed by atoms with Crippen molar-refractivity contribution in [2.75, 3.05) is 11.9 Å². The van der Waals surface area contributed by atoms with Crippen LogP contribution < -0.4 is 4.90 Å². The van der Waals surface area contributed by atoms with Crippen molar-refractivity contribution in [1.29, 1.82) is 0 Å². The van der Waals surface area contributed by atoms with E-state index in [1.807, 2.05) is 0 Å². The van der Waals surface area contributed by atoms with E-state index in [1.165, 1.54) is 17.0 Å². The molecule has 0 spiro atoms. The molecular formula is C14H10Br2FNO. The van der Waals surface area contributed by atoms with E-state index in [0.29, 0.717) is 15.7 Å². The summed E-state index contributed by atoms with van der Waals surface area (Å²) in [4.78, 5) is 13.8. The number of anilines is 1. The minimum absolute atomic E-state index is 0.204. The molecule has 19 heavy (non-hydrogen) atoms. The molecule has 98 valence electrons. The summed E-state index contributed by atoms with van der Waals surface area (Å²) in [5.41, 5.74) is 1.04. The van der Waals surface area contributed by atoms with Crippen molar-refractivity contribution in [2.45, 2.75) is 0 Å². The molecule has 0 radical (unpaired) electrons. The van der Waals surface area contributed by atoms with Gasteiger partial charge in [0.15, 0.2) is 0 Å². The Labute approximate surface area is 127 Å². The van der Waals surface area contributed by atoms with Crippen molar-refractivity contribution in [3.05, 3.63) is 62.8 Å². The quantitative estimate of drug-likeness (QED) is 0.736. The molecule has 0 saturated carbocycles. The molecule has 0 saturated heterocycles. The smallest absolute Gasteiger partial charge is 0.259 e. The zero-order valence-electron chi connectivity index (χ0n) is 10.0. The SMILES string of the molecule is CN(C(=O)c1ccc(Br)cc1Br)c1cccc(F)c1. The van der Waals surface area contributed by atoms with Gasteiger partial charge in [-0.2, -0.15) is 0 Å². The number of amides is 1. The number of benzene rings is 2. The van der Waals surface area contributed by atoms with Gasteiger partial charge in [0.05, 0.1) is 5.56 Å². The van der Waals surface area contributed by atoms with Gasteiger partial charge in [-0.1, -0.05) is 22.0 Å². The van der Waals surface area contributed by atoms with Crippen molar-refractivity contribution in [3.8, 4) is 0 Å². The monoisotopic (exact) mass is 385 g/mol. The van der Waals surface area contributed by atoms with E-state index in [4.69, 9.17) is 0 Å². The van der Waals surface area contributed by atoms with Crippen LogP contribution in [0.25, 0.3) is 0 Å². The molecule has 5 heteroatoms. The zero-order chi connectivity index (χ0) is 14.0. The van der Waals surface area contributed by atoms with E-state index in [0.717, 1.165) is 4.47 Å². The predicted octanol–water partition coefficient (Wildman–Crippen LogP) is 4.63. The highest BCUT2D eigenvalue weighted by atomic mass is 79.9. The van der Waals surface area contributed by atoms with Crippen molar-refractivity contribution in [3.63, 3.8) is 0 Å². The van der Waals surface area contributed by atoms with Gasteiger partial charge in [0.25, 0.3) is 5.91 Å². The number of hydrogen-bond donors (Lipinski definition) is 0. The largest absolute Gasteiger partial charge is 0.311 e. The van der Waals surface area contributed by atoms with E-state index in [2.05, 4.69) is 31.9 Å². The molecule has 0 heterocycles. The van der Waals surface area contributed by atoms with Gasteiger partial charge in [-0.25, -0.2) is 4.39 Å². The number of halogens is 3. The number of rotatable bonds is 2. The van der Waals surface area contributed by atoms with Gasteiger partial charge in [0, 0.05) is 21.7 Å². The maximum atomic E-state index is 13.2. The minimum atomic E-state index is -0.368. The van der Waals surface area contributed by atoms with Gasteiger partial charge in [-0.3, -0.25) is 4.79 Å². The summed E-state index contributed by atoms with van der Waals surface area (Å²) in [7, 11) is 1.62. The first-order valence-corrected chi connectivity index (χ1v) is 7.06.